The van der Waals surface area contributed by atoms with Crippen LogP contribution in [0.4, 0.5) is 4.79 Å². The zero-order valence-electron chi connectivity index (χ0n) is 10.4. The third-order valence-corrected chi connectivity index (χ3v) is 2.28. The van der Waals surface area contributed by atoms with E-state index in [1.807, 2.05) is 18.2 Å². The fraction of sp³-hybridized carbons (Fsp3) is 0.333. The van der Waals surface area contributed by atoms with Gasteiger partial charge in [0.15, 0.2) is 0 Å². The largest absolute Gasteiger partial charge is 0.480 e. The highest BCUT2D eigenvalue weighted by molar-refractivity contribution is 5.85. The van der Waals surface area contributed by atoms with Crippen molar-refractivity contribution in [2.75, 3.05) is 0 Å². The molecule has 1 aromatic rings. The number of carbonyl (C=O) groups is 2. The molecule has 0 fully saturated rings. The molecule has 2 atom stereocenters. The molecule has 0 saturated carbocycles. The lowest BCUT2D eigenvalue weighted by molar-refractivity contribution is -0.139. The van der Waals surface area contributed by atoms with E-state index in [0.717, 1.165) is 5.56 Å². The second kappa shape index (κ2) is 8.34. The highest BCUT2D eigenvalue weighted by atomic mass is 35.5. The molecule has 106 valence electrons. The van der Waals surface area contributed by atoms with E-state index in [-0.39, 0.29) is 19.0 Å². The number of carbonyl (C=O) groups excluding carboxylic acids is 1. The van der Waals surface area contributed by atoms with Crippen molar-refractivity contribution in [1.29, 1.82) is 0 Å². The lowest BCUT2D eigenvalue weighted by atomic mass is 10.1. The Hall–Kier alpha value is -1.79. The molecule has 0 saturated heterocycles. The number of rotatable bonds is 5. The van der Waals surface area contributed by atoms with Gasteiger partial charge in [0, 0.05) is 6.04 Å². The first-order chi connectivity index (χ1) is 8.50. The van der Waals surface area contributed by atoms with E-state index in [1.54, 1.807) is 12.1 Å². The van der Waals surface area contributed by atoms with Crippen LogP contribution in [-0.2, 0) is 16.1 Å². The predicted octanol–water partition coefficient (Wildman–Crippen LogP) is 1.13. The number of carboxylic acids is 1. The van der Waals surface area contributed by atoms with Gasteiger partial charge in [0.2, 0.25) is 0 Å². The van der Waals surface area contributed by atoms with Crippen molar-refractivity contribution in [3.05, 3.63) is 35.9 Å². The lowest BCUT2D eigenvalue weighted by Gasteiger charge is -2.17. The maximum absolute atomic E-state index is 11.4. The van der Waals surface area contributed by atoms with Crippen LogP contribution >= 0.6 is 12.4 Å². The van der Waals surface area contributed by atoms with E-state index in [4.69, 9.17) is 15.6 Å². The number of carboxylic acid groups (broad SMARTS) is 1. The zero-order valence-corrected chi connectivity index (χ0v) is 11.2. The van der Waals surface area contributed by atoms with Crippen LogP contribution in [0, 0.1) is 0 Å². The molecule has 0 unspecified atom stereocenters. The molecule has 0 aliphatic heterocycles. The van der Waals surface area contributed by atoms with Crippen LogP contribution in [0.1, 0.15) is 12.5 Å². The van der Waals surface area contributed by atoms with Crippen LogP contribution in [0.15, 0.2) is 30.3 Å². The molecule has 4 N–H and O–H groups in total. The molecule has 6 nitrogen and oxygen atoms in total. The Morgan fingerprint density at radius 2 is 1.95 bits per heavy atom. The lowest BCUT2D eigenvalue weighted by Crippen LogP contribution is -2.51. The summed E-state index contributed by atoms with van der Waals surface area (Å²) < 4.78 is 4.89. The van der Waals surface area contributed by atoms with Crippen molar-refractivity contribution in [3.63, 3.8) is 0 Å². The summed E-state index contributed by atoms with van der Waals surface area (Å²) in [4.78, 5) is 22.2. The van der Waals surface area contributed by atoms with Crippen LogP contribution in [0.25, 0.3) is 0 Å². The third kappa shape index (κ3) is 6.08. The number of ether oxygens (including phenoxy) is 1. The Morgan fingerprint density at radius 3 is 2.42 bits per heavy atom. The van der Waals surface area contributed by atoms with E-state index >= 15 is 0 Å². The van der Waals surface area contributed by atoms with Gasteiger partial charge in [-0.05, 0) is 12.5 Å². The number of nitrogens with one attached hydrogen (secondary N) is 1. The van der Waals surface area contributed by atoms with Crippen LogP contribution < -0.4 is 11.1 Å². The first-order valence-electron chi connectivity index (χ1n) is 5.46. The fourth-order valence-electron chi connectivity index (χ4n) is 1.31. The number of alkyl carbamates (subject to hydrolysis) is 1. The summed E-state index contributed by atoms with van der Waals surface area (Å²) in [6, 6.07) is 7.22. The van der Waals surface area contributed by atoms with Crippen molar-refractivity contribution < 1.29 is 19.4 Å². The van der Waals surface area contributed by atoms with Gasteiger partial charge < -0.3 is 20.9 Å². The fourth-order valence-corrected chi connectivity index (χ4v) is 1.31. The topological polar surface area (TPSA) is 102 Å². The summed E-state index contributed by atoms with van der Waals surface area (Å²) in [5.41, 5.74) is 6.26. The SMILES string of the molecule is C[C@H](N)[C@H](NC(=O)OCc1ccccc1)C(=O)O.Cl. The summed E-state index contributed by atoms with van der Waals surface area (Å²) in [6.45, 7) is 1.58. The standard InChI is InChI=1S/C12H16N2O4.ClH/c1-8(13)10(11(15)16)14-12(17)18-7-9-5-3-2-4-6-9;/h2-6,8,10H,7,13H2,1H3,(H,14,17)(H,15,16);1H/t8-,10-;/m0./s1. The second-order valence-electron chi connectivity index (χ2n) is 3.88. The minimum absolute atomic E-state index is 0. The zero-order chi connectivity index (χ0) is 13.5. The van der Waals surface area contributed by atoms with E-state index in [2.05, 4.69) is 5.32 Å². The molecule has 0 aliphatic rings. The third-order valence-electron chi connectivity index (χ3n) is 2.28. The highest BCUT2D eigenvalue weighted by Gasteiger charge is 2.24. The monoisotopic (exact) mass is 288 g/mol. The van der Waals surface area contributed by atoms with Gasteiger partial charge in [-0.1, -0.05) is 30.3 Å². The second-order valence-corrected chi connectivity index (χ2v) is 3.88. The molecule has 0 aliphatic carbocycles. The Bertz CT molecular complexity index is 411. The summed E-state index contributed by atoms with van der Waals surface area (Å²) >= 11 is 0. The number of amides is 1. The maximum Gasteiger partial charge on any atom is 0.408 e. The summed E-state index contributed by atoms with van der Waals surface area (Å²) in [5, 5.41) is 11.0. The highest BCUT2D eigenvalue weighted by Crippen LogP contribution is 2.01. The molecule has 1 rings (SSSR count). The quantitative estimate of drug-likeness (QED) is 0.754. The molecule has 0 radical (unpaired) electrons. The van der Waals surface area contributed by atoms with E-state index in [0.29, 0.717) is 0 Å². The Morgan fingerprint density at radius 1 is 1.37 bits per heavy atom. The molecule has 0 heterocycles. The molecular weight excluding hydrogens is 272 g/mol. The number of nitrogens with two attached hydrogens (primary N) is 1. The molecule has 0 aromatic heterocycles. The maximum atomic E-state index is 11.4. The molecule has 19 heavy (non-hydrogen) atoms. The van der Waals surface area contributed by atoms with Crippen molar-refractivity contribution >= 4 is 24.5 Å². The Kier molecular flexibility index (Phi) is 7.55. The van der Waals surface area contributed by atoms with Crippen LogP contribution in [-0.4, -0.2) is 29.3 Å². The first-order valence-corrected chi connectivity index (χ1v) is 5.46. The van der Waals surface area contributed by atoms with Crippen LogP contribution in [0.2, 0.25) is 0 Å². The van der Waals surface area contributed by atoms with Crippen molar-refractivity contribution in [1.82, 2.24) is 5.32 Å². The van der Waals surface area contributed by atoms with Gasteiger partial charge in [-0.25, -0.2) is 9.59 Å². The minimum Gasteiger partial charge on any atom is -0.480 e. The van der Waals surface area contributed by atoms with Gasteiger partial charge in [0.1, 0.15) is 12.6 Å². The minimum atomic E-state index is -1.19. The summed E-state index contributed by atoms with van der Waals surface area (Å²) in [6.07, 6.45) is -0.802. The molecule has 1 amide bonds. The molecule has 0 bridgehead atoms. The number of hydrogen-bond acceptors (Lipinski definition) is 4. The van der Waals surface area contributed by atoms with Crippen molar-refractivity contribution in [2.45, 2.75) is 25.6 Å². The number of aliphatic carboxylic acids is 1. The van der Waals surface area contributed by atoms with Gasteiger partial charge >= 0.3 is 12.1 Å². The Balaban J connectivity index is 0.00000324. The van der Waals surface area contributed by atoms with E-state index in [9.17, 15) is 9.59 Å². The van der Waals surface area contributed by atoms with Crippen molar-refractivity contribution in [3.8, 4) is 0 Å². The van der Waals surface area contributed by atoms with Crippen molar-refractivity contribution in [2.24, 2.45) is 5.73 Å². The van der Waals surface area contributed by atoms with Gasteiger partial charge in [-0.15, -0.1) is 12.4 Å². The average molecular weight is 289 g/mol. The van der Waals surface area contributed by atoms with Crippen LogP contribution in [0.3, 0.4) is 0 Å². The normalized spacial score (nSPS) is 12.7. The number of benzene rings is 1. The summed E-state index contributed by atoms with van der Waals surface area (Å²) in [5.74, 6) is -1.19. The smallest absolute Gasteiger partial charge is 0.408 e. The molecular formula is C12H17ClN2O4. The predicted molar refractivity (Wildman–Crippen MR) is 72.1 cm³/mol. The first kappa shape index (κ1) is 17.2. The Labute approximate surface area is 117 Å². The molecule has 7 heteroatoms. The van der Waals surface area contributed by atoms with E-state index < -0.39 is 24.1 Å². The number of hydrogen-bond donors (Lipinski definition) is 3. The average Bonchev–Trinajstić information content (AvgIpc) is 2.34. The van der Waals surface area contributed by atoms with Gasteiger partial charge in [0.05, 0.1) is 0 Å². The van der Waals surface area contributed by atoms with Gasteiger partial charge in [0.25, 0.3) is 0 Å². The van der Waals surface area contributed by atoms with Gasteiger partial charge in [-0.3, -0.25) is 0 Å². The van der Waals surface area contributed by atoms with E-state index in [1.165, 1.54) is 6.92 Å². The van der Waals surface area contributed by atoms with Crippen LogP contribution in [0.5, 0.6) is 0 Å². The van der Waals surface area contributed by atoms with Gasteiger partial charge in [-0.2, -0.15) is 0 Å². The summed E-state index contributed by atoms with van der Waals surface area (Å²) in [7, 11) is 0. The number of halogens is 1. The molecule has 1 aromatic carbocycles. The molecule has 0 spiro atoms.